The summed E-state index contributed by atoms with van der Waals surface area (Å²) >= 11 is 0. The Morgan fingerprint density at radius 1 is 0.979 bits per heavy atom. The van der Waals surface area contributed by atoms with Crippen molar-refractivity contribution in [3.05, 3.63) is 95.6 Å². The number of carbonyl (C=O) groups excluding carboxylic acids is 2. The second-order valence-electron chi connectivity index (χ2n) is 10.6. The van der Waals surface area contributed by atoms with Gasteiger partial charge in [-0.1, -0.05) is 31.2 Å². The molecular formula is C32H25F8N5O3. The monoisotopic (exact) mass is 679 g/mol. The molecule has 5 rings (SSSR count). The van der Waals surface area contributed by atoms with Crippen LogP contribution in [-0.2, 0) is 22.1 Å². The molecule has 2 atom stereocenters. The summed E-state index contributed by atoms with van der Waals surface area (Å²) in [6.45, 7) is 1.22. The SMILES string of the molecule is CC[C@@H](Nc1cc(F)c(C(=O)N[C@@H](Cc2ccc(-c3ncc4ccccc4c3C(F)(F)F)c3nccn23)C(=O)OC)c(F)c1)C(F)(F)F. The molecule has 0 spiro atoms. The van der Waals surface area contributed by atoms with E-state index in [1.807, 2.05) is 5.32 Å². The summed E-state index contributed by atoms with van der Waals surface area (Å²) in [5.41, 5.74) is -2.84. The Kier molecular flexibility index (Phi) is 9.28. The zero-order chi connectivity index (χ0) is 35.0. The minimum absolute atomic E-state index is 0.00848. The van der Waals surface area contributed by atoms with Gasteiger partial charge in [-0.05, 0) is 36.1 Å². The number of pyridine rings is 2. The molecule has 3 heterocycles. The highest BCUT2D eigenvalue weighted by Gasteiger charge is 2.39. The number of methoxy groups -OCH3 is 1. The fourth-order valence-corrected chi connectivity index (χ4v) is 5.34. The molecule has 2 aromatic carbocycles. The standard InChI is InChI=1S/C32H25F8N5O3/c1-3-24(31(35,36)37)43-17-12-21(33)25(22(34)13-17)29(46)44-23(30(47)48-2)14-18-8-9-20(28-41-10-11-45(18)28)27-26(32(38,39)40)19-7-5-4-6-16(19)15-42-27/h4-13,15,23-24,43H,3,14H2,1-2H3,(H,44,46)/t23-,24+/m0/s1. The van der Waals surface area contributed by atoms with Gasteiger partial charge in [0.15, 0.2) is 0 Å². The third kappa shape index (κ3) is 6.73. The molecule has 0 fully saturated rings. The van der Waals surface area contributed by atoms with Crippen LogP contribution in [0.4, 0.5) is 40.8 Å². The molecule has 1 amide bonds. The van der Waals surface area contributed by atoms with E-state index in [4.69, 9.17) is 4.74 Å². The van der Waals surface area contributed by atoms with E-state index in [9.17, 15) is 44.7 Å². The number of fused-ring (bicyclic) bond motifs is 2. The van der Waals surface area contributed by atoms with Crippen LogP contribution in [0.1, 0.15) is 35.0 Å². The van der Waals surface area contributed by atoms with Crippen molar-refractivity contribution in [3.8, 4) is 11.3 Å². The molecule has 0 aliphatic rings. The van der Waals surface area contributed by atoms with Gasteiger partial charge in [-0.15, -0.1) is 0 Å². The lowest BCUT2D eigenvalue weighted by atomic mass is 9.99. The van der Waals surface area contributed by atoms with Gasteiger partial charge in [-0.3, -0.25) is 9.78 Å². The van der Waals surface area contributed by atoms with E-state index < -0.39 is 76.9 Å². The van der Waals surface area contributed by atoms with E-state index in [1.54, 1.807) is 6.07 Å². The van der Waals surface area contributed by atoms with Crippen LogP contribution in [0.25, 0.3) is 27.7 Å². The summed E-state index contributed by atoms with van der Waals surface area (Å²) < 4.78 is 118. The van der Waals surface area contributed by atoms with Crippen molar-refractivity contribution >= 4 is 34.0 Å². The number of nitrogens with zero attached hydrogens (tertiary/aromatic N) is 3. The molecule has 0 aliphatic heterocycles. The molecule has 0 aliphatic carbocycles. The van der Waals surface area contributed by atoms with E-state index in [0.29, 0.717) is 12.1 Å². The van der Waals surface area contributed by atoms with Gasteiger partial charge < -0.3 is 19.8 Å². The third-order valence-electron chi connectivity index (χ3n) is 7.59. The molecule has 0 unspecified atom stereocenters. The zero-order valence-corrected chi connectivity index (χ0v) is 25.0. The average molecular weight is 680 g/mol. The molecular weight excluding hydrogens is 654 g/mol. The van der Waals surface area contributed by atoms with E-state index >= 15 is 0 Å². The molecule has 0 radical (unpaired) electrons. The third-order valence-corrected chi connectivity index (χ3v) is 7.59. The number of alkyl halides is 6. The Labute approximate surface area is 266 Å². The fourth-order valence-electron chi connectivity index (χ4n) is 5.34. The topological polar surface area (TPSA) is 97.6 Å². The molecule has 252 valence electrons. The molecule has 2 N–H and O–H groups in total. The van der Waals surface area contributed by atoms with E-state index in [0.717, 1.165) is 7.11 Å². The number of nitrogens with one attached hydrogen (secondary N) is 2. The number of amides is 1. The first kappa shape index (κ1) is 34.1. The van der Waals surface area contributed by atoms with Crippen LogP contribution in [-0.4, -0.2) is 51.6 Å². The predicted molar refractivity (Wildman–Crippen MR) is 158 cm³/mol. The Morgan fingerprint density at radius 2 is 1.67 bits per heavy atom. The molecule has 16 heteroatoms. The number of ether oxygens (including phenoxy) is 1. The first-order valence-electron chi connectivity index (χ1n) is 14.2. The lowest BCUT2D eigenvalue weighted by Gasteiger charge is -2.22. The highest BCUT2D eigenvalue weighted by atomic mass is 19.4. The maximum Gasteiger partial charge on any atom is 0.419 e. The molecule has 0 bridgehead atoms. The van der Waals surface area contributed by atoms with Crippen molar-refractivity contribution in [2.24, 2.45) is 0 Å². The van der Waals surface area contributed by atoms with Crippen LogP contribution < -0.4 is 10.6 Å². The Hall–Kier alpha value is -5.28. The molecule has 0 saturated carbocycles. The summed E-state index contributed by atoms with van der Waals surface area (Å²) in [4.78, 5) is 34.0. The van der Waals surface area contributed by atoms with Crippen LogP contribution in [0, 0.1) is 11.6 Å². The number of hydrogen-bond donors (Lipinski definition) is 2. The van der Waals surface area contributed by atoms with Crippen LogP contribution in [0.15, 0.2) is 67.1 Å². The smallest absolute Gasteiger partial charge is 0.419 e. The van der Waals surface area contributed by atoms with Gasteiger partial charge in [0.1, 0.15) is 34.9 Å². The minimum Gasteiger partial charge on any atom is -0.467 e. The van der Waals surface area contributed by atoms with Gasteiger partial charge in [0, 0.05) is 47.3 Å². The lowest BCUT2D eigenvalue weighted by Crippen LogP contribution is -2.44. The molecule has 0 saturated heterocycles. The first-order valence-corrected chi connectivity index (χ1v) is 14.2. The summed E-state index contributed by atoms with van der Waals surface area (Å²) in [6.07, 6.45) is -6.33. The molecule has 3 aromatic heterocycles. The summed E-state index contributed by atoms with van der Waals surface area (Å²) in [6, 6.07) is 5.91. The van der Waals surface area contributed by atoms with Crippen LogP contribution in [0.3, 0.4) is 0 Å². The largest absolute Gasteiger partial charge is 0.467 e. The maximum atomic E-state index is 14.9. The normalized spacial score (nSPS) is 13.4. The zero-order valence-electron chi connectivity index (χ0n) is 25.0. The highest BCUT2D eigenvalue weighted by Crippen LogP contribution is 2.41. The number of carbonyl (C=O) groups is 2. The number of aromatic nitrogens is 3. The quantitative estimate of drug-likeness (QED) is 0.127. The van der Waals surface area contributed by atoms with Crippen LogP contribution in [0.2, 0.25) is 0 Å². The molecule has 48 heavy (non-hydrogen) atoms. The van der Waals surface area contributed by atoms with Crippen molar-refractivity contribution < 1.29 is 49.4 Å². The van der Waals surface area contributed by atoms with Gasteiger partial charge in [0.05, 0.1) is 18.4 Å². The fraction of sp³-hybridized carbons (Fsp3) is 0.250. The number of halogens is 8. The second kappa shape index (κ2) is 13.1. The Bertz CT molecular complexity index is 1990. The van der Waals surface area contributed by atoms with Crippen LogP contribution in [0.5, 0.6) is 0 Å². The van der Waals surface area contributed by atoms with Crippen molar-refractivity contribution in [1.29, 1.82) is 0 Å². The van der Waals surface area contributed by atoms with Crippen LogP contribution >= 0.6 is 0 Å². The van der Waals surface area contributed by atoms with Crippen molar-refractivity contribution in [1.82, 2.24) is 19.7 Å². The highest BCUT2D eigenvalue weighted by molar-refractivity contribution is 5.98. The Balaban J connectivity index is 1.47. The number of imidazole rings is 1. The van der Waals surface area contributed by atoms with Crippen molar-refractivity contribution in [3.63, 3.8) is 0 Å². The van der Waals surface area contributed by atoms with Gasteiger partial charge in [0.2, 0.25) is 0 Å². The summed E-state index contributed by atoms with van der Waals surface area (Å²) in [7, 11) is 0.994. The molecule has 8 nitrogen and oxygen atoms in total. The summed E-state index contributed by atoms with van der Waals surface area (Å²) in [5, 5.41) is 4.35. The van der Waals surface area contributed by atoms with E-state index in [-0.39, 0.29) is 34.1 Å². The van der Waals surface area contributed by atoms with Crippen molar-refractivity contribution in [2.45, 2.75) is 44.2 Å². The number of hydrogen-bond acceptors (Lipinski definition) is 6. The van der Waals surface area contributed by atoms with E-state index in [2.05, 4.69) is 15.3 Å². The second-order valence-corrected chi connectivity index (χ2v) is 10.6. The number of esters is 1. The Morgan fingerprint density at radius 3 is 2.29 bits per heavy atom. The van der Waals surface area contributed by atoms with Gasteiger partial charge in [-0.2, -0.15) is 26.3 Å². The summed E-state index contributed by atoms with van der Waals surface area (Å²) in [5.74, 6) is -5.45. The van der Waals surface area contributed by atoms with Gasteiger partial charge in [-0.25, -0.2) is 18.6 Å². The first-order chi connectivity index (χ1) is 22.6. The number of benzene rings is 2. The lowest BCUT2D eigenvalue weighted by molar-refractivity contribution is -0.143. The average Bonchev–Trinajstić information content (AvgIpc) is 3.52. The van der Waals surface area contributed by atoms with Crippen molar-refractivity contribution in [2.75, 3.05) is 12.4 Å². The minimum atomic E-state index is -4.79. The van der Waals surface area contributed by atoms with E-state index in [1.165, 1.54) is 60.2 Å². The maximum absolute atomic E-state index is 14.9. The molecule has 5 aromatic rings. The number of rotatable bonds is 9. The predicted octanol–water partition coefficient (Wildman–Crippen LogP) is 7.11. The van der Waals surface area contributed by atoms with Gasteiger partial charge in [0.25, 0.3) is 5.91 Å². The number of anilines is 1. The van der Waals surface area contributed by atoms with Gasteiger partial charge >= 0.3 is 18.3 Å².